The van der Waals surface area contributed by atoms with E-state index in [2.05, 4.69) is 13.8 Å². The molecule has 0 saturated heterocycles. The van der Waals surface area contributed by atoms with Gasteiger partial charge in [0, 0.05) is 12.0 Å². The summed E-state index contributed by atoms with van der Waals surface area (Å²) in [5.74, 6) is 1.07. The van der Waals surface area contributed by atoms with E-state index in [1.807, 2.05) is 6.07 Å². The minimum absolute atomic E-state index is 0.0351. The van der Waals surface area contributed by atoms with Crippen LogP contribution in [-0.4, -0.2) is 24.6 Å². The molecule has 0 aromatic heterocycles. The lowest BCUT2D eigenvalue weighted by Crippen LogP contribution is -2.04. The van der Waals surface area contributed by atoms with Crippen LogP contribution in [0.4, 0.5) is 0 Å². The SMILES string of the molecule is COc1ccc(C(=O)CCO)cc1C(C)C. The number of aliphatic hydroxyl groups is 1. The van der Waals surface area contributed by atoms with Crippen LogP contribution in [0.3, 0.4) is 0 Å². The molecule has 0 atom stereocenters. The van der Waals surface area contributed by atoms with Gasteiger partial charge in [0.1, 0.15) is 5.75 Å². The molecule has 1 rings (SSSR count). The molecule has 0 radical (unpaired) electrons. The van der Waals surface area contributed by atoms with Crippen LogP contribution in [0.25, 0.3) is 0 Å². The number of carbonyl (C=O) groups is 1. The molecule has 0 bridgehead atoms. The molecule has 1 aromatic rings. The highest BCUT2D eigenvalue weighted by Crippen LogP contribution is 2.27. The lowest BCUT2D eigenvalue weighted by Gasteiger charge is -2.12. The number of rotatable bonds is 5. The summed E-state index contributed by atoms with van der Waals surface area (Å²) < 4.78 is 5.24. The van der Waals surface area contributed by atoms with Crippen LogP contribution in [0.1, 0.15) is 42.1 Å². The van der Waals surface area contributed by atoms with Crippen molar-refractivity contribution in [3.05, 3.63) is 29.3 Å². The molecule has 0 amide bonds. The molecule has 0 aliphatic carbocycles. The molecule has 3 heteroatoms. The third-order valence-corrected chi connectivity index (χ3v) is 2.51. The smallest absolute Gasteiger partial charge is 0.165 e. The predicted molar refractivity (Wildman–Crippen MR) is 63.1 cm³/mol. The zero-order chi connectivity index (χ0) is 12.1. The number of carbonyl (C=O) groups excluding carboxylic acids is 1. The van der Waals surface area contributed by atoms with Gasteiger partial charge in [-0.2, -0.15) is 0 Å². The van der Waals surface area contributed by atoms with Gasteiger partial charge in [0.15, 0.2) is 5.78 Å². The quantitative estimate of drug-likeness (QED) is 0.778. The van der Waals surface area contributed by atoms with Gasteiger partial charge in [-0.15, -0.1) is 0 Å². The van der Waals surface area contributed by atoms with E-state index in [-0.39, 0.29) is 18.8 Å². The molecule has 1 aromatic carbocycles. The maximum absolute atomic E-state index is 11.6. The first-order chi connectivity index (χ1) is 7.60. The average molecular weight is 222 g/mol. The Morgan fingerprint density at radius 2 is 2.12 bits per heavy atom. The number of ether oxygens (including phenoxy) is 1. The summed E-state index contributed by atoms with van der Waals surface area (Å²) in [5, 5.41) is 8.73. The van der Waals surface area contributed by atoms with Crippen LogP contribution >= 0.6 is 0 Å². The Morgan fingerprint density at radius 3 is 2.62 bits per heavy atom. The summed E-state index contributed by atoms with van der Waals surface area (Å²) in [6.45, 7) is 4.00. The van der Waals surface area contributed by atoms with E-state index >= 15 is 0 Å². The van der Waals surface area contributed by atoms with Gasteiger partial charge in [-0.1, -0.05) is 13.8 Å². The Balaban J connectivity index is 3.06. The van der Waals surface area contributed by atoms with Gasteiger partial charge in [0.2, 0.25) is 0 Å². The molecule has 0 heterocycles. The number of Topliss-reactive ketones (excluding diaryl/α,β-unsaturated/α-hetero) is 1. The Hall–Kier alpha value is -1.35. The van der Waals surface area contributed by atoms with Gasteiger partial charge in [-0.05, 0) is 29.7 Å². The molecular formula is C13H18O3. The second kappa shape index (κ2) is 5.66. The van der Waals surface area contributed by atoms with E-state index in [1.54, 1.807) is 19.2 Å². The van der Waals surface area contributed by atoms with Gasteiger partial charge in [-0.3, -0.25) is 4.79 Å². The van der Waals surface area contributed by atoms with E-state index in [9.17, 15) is 4.79 Å². The number of methoxy groups -OCH3 is 1. The summed E-state index contributed by atoms with van der Waals surface area (Å²) in [6.07, 6.45) is 0.171. The van der Waals surface area contributed by atoms with Crippen molar-refractivity contribution in [2.24, 2.45) is 0 Å². The first kappa shape index (κ1) is 12.7. The first-order valence-electron chi connectivity index (χ1n) is 5.42. The summed E-state index contributed by atoms with van der Waals surface area (Å²) >= 11 is 0. The standard InChI is InChI=1S/C13H18O3/c1-9(2)11-8-10(12(15)6-7-14)4-5-13(11)16-3/h4-5,8-9,14H,6-7H2,1-3H3. The normalized spacial score (nSPS) is 10.6. The first-order valence-corrected chi connectivity index (χ1v) is 5.42. The zero-order valence-corrected chi connectivity index (χ0v) is 9.99. The fourth-order valence-corrected chi connectivity index (χ4v) is 1.60. The monoisotopic (exact) mass is 222 g/mol. The third-order valence-electron chi connectivity index (χ3n) is 2.51. The lowest BCUT2D eigenvalue weighted by atomic mass is 9.97. The van der Waals surface area contributed by atoms with Crippen molar-refractivity contribution in [2.45, 2.75) is 26.2 Å². The Kier molecular flexibility index (Phi) is 4.50. The van der Waals surface area contributed by atoms with Crippen LogP contribution in [0, 0.1) is 0 Å². The predicted octanol–water partition coefficient (Wildman–Crippen LogP) is 2.38. The fourth-order valence-electron chi connectivity index (χ4n) is 1.60. The minimum atomic E-state index is -0.109. The summed E-state index contributed by atoms with van der Waals surface area (Å²) in [4.78, 5) is 11.6. The molecule has 88 valence electrons. The van der Waals surface area contributed by atoms with E-state index in [1.165, 1.54) is 0 Å². The number of ketones is 1. The van der Waals surface area contributed by atoms with E-state index in [4.69, 9.17) is 9.84 Å². The third kappa shape index (κ3) is 2.83. The molecule has 0 fully saturated rings. The molecule has 0 saturated carbocycles. The van der Waals surface area contributed by atoms with E-state index < -0.39 is 0 Å². The highest BCUT2D eigenvalue weighted by Gasteiger charge is 2.11. The van der Waals surface area contributed by atoms with Crippen LogP contribution in [-0.2, 0) is 0 Å². The second-order valence-electron chi connectivity index (χ2n) is 4.01. The van der Waals surface area contributed by atoms with Crippen molar-refractivity contribution >= 4 is 5.78 Å². The molecule has 3 nitrogen and oxygen atoms in total. The molecule has 1 N–H and O–H groups in total. The maximum Gasteiger partial charge on any atom is 0.165 e. The van der Waals surface area contributed by atoms with Crippen molar-refractivity contribution in [1.82, 2.24) is 0 Å². The maximum atomic E-state index is 11.6. The molecule has 0 spiro atoms. The van der Waals surface area contributed by atoms with E-state index in [0.29, 0.717) is 11.5 Å². The second-order valence-corrected chi connectivity index (χ2v) is 4.01. The van der Waals surface area contributed by atoms with Crippen molar-refractivity contribution in [1.29, 1.82) is 0 Å². The van der Waals surface area contributed by atoms with Crippen molar-refractivity contribution in [3.8, 4) is 5.75 Å². The van der Waals surface area contributed by atoms with Crippen LogP contribution in [0.5, 0.6) is 5.75 Å². The van der Waals surface area contributed by atoms with Crippen LogP contribution in [0.2, 0.25) is 0 Å². The van der Waals surface area contributed by atoms with Gasteiger partial charge in [0.05, 0.1) is 13.7 Å². The number of benzene rings is 1. The minimum Gasteiger partial charge on any atom is -0.496 e. The summed E-state index contributed by atoms with van der Waals surface area (Å²) in [5.41, 5.74) is 1.66. The van der Waals surface area contributed by atoms with Gasteiger partial charge >= 0.3 is 0 Å². The molecular weight excluding hydrogens is 204 g/mol. The highest BCUT2D eigenvalue weighted by atomic mass is 16.5. The zero-order valence-electron chi connectivity index (χ0n) is 9.99. The van der Waals surface area contributed by atoms with Crippen LogP contribution < -0.4 is 4.74 Å². The molecule has 0 unspecified atom stereocenters. The molecule has 0 aliphatic heterocycles. The number of hydrogen-bond donors (Lipinski definition) is 1. The topological polar surface area (TPSA) is 46.5 Å². The van der Waals surface area contributed by atoms with Gasteiger partial charge in [0.25, 0.3) is 0 Å². The molecule has 16 heavy (non-hydrogen) atoms. The highest BCUT2D eigenvalue weighted by molar-refractivity contribution is 5.96. The largest absolute Gasteiger partial charge is 0.496 e. The Bertz CT molecular complexity index is 369. The van der Waals surface area contributed by atoms with Crippen molar-refractivity contribution in [3.63, 3.8) is 0 Å². The average Bonchev–Trinajstić information content (AvgIpc) is 2.28. The van der Waals surface area contributed by atoms with Gasteiger partial charge < -0.3 is 9.84 Å². The number of aliphatic hydroxyl groups excluding tert-OH is 1. The molecule has 0 aliphatic rings. The summed E-state index contributed by atoms with van der Waals surface area (Å²) in [7, 11) is 1.62. The summed E-state index contributed by atoms with van der Waals surface area (Å²) in [6, 6.07) is 5.39. The van der Waals surface area contributed by atoms with Crippen LogP contribution in [0.15, 0.2) is 18.2 Å². The van der Waals surface area contributed by atoms with E-state index in [0.717, 1.165) is 11.3 Å². The Labute approximate surface area is 96.1 Å². The fraction of sp³-hybridized carbons (Fsp3) is 0.462. The van der Waals surface area contributed by atoms with Crippen molar-refractivity contribution < 1.29 is 14.6 Å². The lowest BCUT2D eigenvalue weighted by molar-refractivity contribution is 0.0956. The number of hydrogen-bond acceptors (Lipinski definition) is 3. The van der Waals surface area contributed by atoms with Crippen molar-refractivity contribution in [2.75, 3.05) is 13.7 Å². The van der Waals surface area contributed by atoms with Gasteiger partial charge in [-0.25, -0.2) is 0 Å². The Morgan fingerprint density at radius 1 is 1.44 bits per heavy atom.